The number of aromatic hydroxyl groups is 1. The number of primary amides is 1. The Hall–Kier alpha value is -10.1. The van der Waals surface area contributed by atoms with E-state index in [1.54, 1.807) is 66.0 Å². The first-order chi connectivity index (χ1) is 46.1. The predicted molar refractivity (Wildman–Crippen MR) is 351 cm³/mol. The molecule has 3 aliphatic rings. The number of carbonyl (C=O) groups excluding carboxylic acids is 10. The zero-order valence-electron chi connectivity index (χ0n) is 53.9. The number of hydrogen-bond acceptors (Lipinski definition) is 18. The molecule has 8 N–H and O–H groups in total. The van der Waals surface area contributed by atoms with Crippen molar-refractivity contribution in [2.45, 2.75) is 71.1 Å². The van der Waals surface area contributed by atoms with Gasteiger partial charge < -0.3 is 85.1 Å². The fourth-order valence-electron chi connectivity index (χ4n) is 10.6. The number of alkyl halides is 1. The van der Waals surface area contributed by atoms with Gasteiger partial charge in [-0.15, -0.1) is 11.6 Å². The van der Waals surface area contributed by atoms with E-state index < -0.39 is 60.0 Å². The fraction of sp³-hybridized carbons (Fsp3) is 0.409. The van der Waals surface area contributed by atoms with Crippen molar-refractivity contribution >= 4 is 99.7 Å². The van der Waals surface area contributed by atoms with E-state index in [1.165, 1.54) is 60.3 Å². The molecule has 0 saturated carbocycles. The standard InChI is InChI=1S/C66H79ClN12O17/c1-40(2)58(74-64(88)94-33-32-93-31-30-92-29-28-91-27-26-78-54(81)21-22-55(78)82)61(85)73-49(10-7-23-69-63(68)87)60(84)70-45-15-11-42(12-16-45)39-95-65(89)75(4)24-25-76(5)66(90)96-52-34-51-57(56-41(3)8-6-9-48(52)56)44(35-67)36-79(51)62(86)50-38-77-37-46(17-20-53(77)72-50)71-59(83)43-13-18-47(80)19-14-43/h6,8-9,11-16,18-19,21-22,34,37-38,40,44,49,58,80H,7,10,17,20,23-33,35-36,39H2,1-5H3,(H,70,84)(H,71,83)(H,73,85)(H,74,88)(H3,68,69,87)/t44-,49+,58+/m1/s1. The average molecular weight is 1350 g/mol. The number of fused-ring (bicyclic) bond motifs is 4. The first-order valence-electron chi connectivity index (χ1n) is 31.2. The van der Waals surface area contributed by atoms with Crippen LogP contribution in [0.25, 0.3) is 17.0 Å². The van der Waals surface area contributed by atoms with Crippen molar-refractivity contribution in [2.75, 3.05) is 109 Å². The minimum atomic E-state index is -1.13. The second kappa shape index (κ2) is 34.4. The number of rotatable bonds is 32. The van der Waals surface area contributed by atoms with Gasteiger partial charge in [0.05, 0.1) is 51.9 Å². The van der Waals surface area contributed by atoms with Gasteiger partial charge in [-0.2, -0.15) is 0 Å². The number of alkyl carbamates (subject to hydrolysis) is 1. The van der Waals surface area contributed by atoms with Crippen LogP contribution in [0.3, 0.4) is 0 Å². The number of phenolic OH excluding ortho intramolecular Hbond substituents is 1. The summed E-state index contributed by atoms with van der Waals surface area (Å²) >= 11 is 6.62. The Labute approximate surface area is 558 Å². The van der Waals surface area contributed by atoms with Gasteiger partial charge in [-0.25, -0.2) is 24.2 Å². The molecular formula is C66H79ClN12O17. The number of likely N-dealkylation sites (N-methyl/N-ethyl adjacent to an activating group) is 2. The van der Waals surface area contributed by atoms with Gasteiger partial charge in [-0.1, -0.05) is 44.2 Å². The van der Waals surface area contributed by atoms with Crippen LogP contribution in [0.5, 0.6) is 11.5 Å². The summed E-state index contributed by atoms with van der Waals surface area (Å²) in [7, 11) is 3.03. The topological polar surface area (TPSA) is 363 Å². The Kier molecular flexibility index (Phi) is 25.7. The van der Waals surface area contributed by atoms with Crippen molar-refractivity contribution in [1.29, 1.82) is 0 Å². The summed E-state index contributed by atoms with van der Waals surface area (Å²) in [4.78, 5) is 139. The van der Waals surface area contributed by atoms with E-state index in [1.807, 2.05) is 25.1 Å². The highest BCUT2D eigenvalue weighted by Crippen LogP contribution is 2.47. The highest BCUT2D eigenvalue weighted by Gasteiger charge is 2.38. The lowest BCUT2D eigenvalue weighted by Crippen LogP contribution is -2.54. The van der Waals surface area contributed by atoms with Crippen LogP contribution in [0.2, 0.25) is 0 Å². The van der Waals surface area contributed by atoms with Crippen molar-refractivity contribution in [3.8, 4) is 11.5 Å². The molecule has 11 amide bonds. The molecule has 96 heavy (non-hydrogen) atoms. The van der Waals surface area contributed by atoms with Crippen molar-refractivity contribution in [3.63, 3.8) is 0 Å². The number of carbonyl (C=O) groups is 10. The zero-order chi connectivity index (χ0) is 69.0. The first-order valence-corrected chi connectivity index (χ1v) is 31.7. The van der Waals surface area contributed by atoms with Gasteiger partial charge in [-0.3, -0.25) is 33.7 Å². The quantitative estimate of drug-likeness (QED) is 0.0159. The summed E-state index contributed by atoms with van der Waals surface area (Å²) < 4.78 is 34.9. The highest BCUT2D eigenvalue weighted by atomic mass is 35.5. The van der Waals surface area contributed by atoms with Crippen molar-refractivity contribution in [1.82, 2.24) is 45.5 Å². The molecule has 0 unspecified atom stereocenters. The number of ether oxygens (including phenoxy) is 6. The predicted octanol–water partition coefficient (Wildman–Crippen LogP) is 5.50. The lowest BCUT2D eigenvalue weighted by atomic mass is 9.92. The third-order valence-electron chi connectivity index (χ3n) is 15.8. The van der Waals surface area contributed by atoms with Crippen LogP contribution in [0.15, 0.2) is 96.8 Å². The number of benzene rings is 4. The summed E-state index contributed by atoms with van der Waals surface area (Å²) in [6.07, 6.45) is 4.65. The van der Waals surface area contributed by atoms with E-state index >= 15 is 0 Å². The molecule has 0 radical (unpaired) electrons. The van der Waals surface area contributed by atoms with Crippen LogP contribution in [0.4, 0.5) is 30.6 Å². The number of nitrogens with one attached hydrogen (secondary N) is 5. The Morgan fingerprint density at radius 1 is 0.792 bits per heavy atom. The molecule has 0 bridgehead atoms. The molecule has 0 fully saturated rings. The molecule has 5 aromatic rings. The van der Waals surface area contributed by atoms with E-state index in [4.69, 9.17) is 45.8 Å². The number of aryl methyl sites for hydroxylation is 2. The molecule has 30 heteroatoms. The van der Waals surface area contributed by atoms with Crippen molar-refractivity contribution in [3.05, 3.63) is 131 Å². The normalized spacial score (nSPS) is 14.5. The lowest BCUT2D eigenvalue weighted by molar-refractivity contribution is -0.137. The molecule has 512 valence electrons. The van der Waals surface area contributed by atoms with E-state index in [0.29, 0.717) is 52.3 Å². The van der Waals surface area contributed by atoms with Gasteiger partial charge in [0.1, 0.15) is 48.3 Å². The summed E-state index contributed by atoms with van der Waals surface area (Å²) in [5.74, 6) is -2.42. The summed E-state index contributed by atoms with van der Waals surface area (Å²) in [6.45, 7) is 6.70. The number of nitrogens with zero attached hydrogens (tertiary/aromatic N) is 6. The molecule has 0 spiro atoms. The van der Waals surface area contributed by atoms with E-state index in [9.17, 15) is 53.1 Å². The molecule has 0 saturated heterocycles. The summed E-state index contributed by atoms with van der Waals surface area (Å²) in [5.41, 5.74) is 9.53. The van der Waals surface area contributed by atoms with Gasteiger partial charge in [0.15, 0.2) is 0 Å². The number of amides is 11. The maximum Gasteiger partial charge on any atom is 0.415 e. The number of hydrogen-bond donors (Lipinski definition) is 7. The van der Waals surface area contributed by atoms with Crippen molar-refractivity contribution < 1.29 is 81.5 Å². The van der Waals surface area contributed by atoms with Gasteiger partial charge >= 0.3 is 24.3 Å². The maximum atomic E-state index is 14.5. The number of nitrogens with two attached hydrogens (primary N) is 1. The Bertz CT molecular complexity index is 3710. The van der Waals surface area contributed by atoms with Crippen LogP contribution in [0, 0.1) is 12.8 Å². The Morgan fingerprint density at radius 3 is 2.12 bits per heavy atom. The minimum absolute atomic E-state index is 0.0301. The number of imide groups is 1. The van der Waals surface area contributed by atoms with Crippen LogP contribution >= 0.6 is 11.6 Å². The summed E-state index contributed by atoms with van der Waals surface area (Å²) in [6, 6.07) is 16.6. The number of urea groups is 1. The molecule has 3 atom stereocenters. The molecule has 4 aromatic carbocycles. The Balaban J connectivity index is 0.783. The van der Waals surface area contributed by atoms with Crippen LogP contribution in [0.1, 0.15) is 82.4 Å². The SMILES string of the molecule is Cc1cccc2c(OC(=O)N(C)CCN(C)C(=O)OCc3ccc(NC(=O)[C@H](CCCNC(N)=O)NC(=O)[C@@H](NC(=O)OCCOCCOCCOCCN4C(=O)C=CC4=O)C(C)C)cc3)cc3c(c12)[C@H](CCl)CN3C(=O)c1cn2c(n1)CCC(NC(=O)c1ccc(O)cc1)=C2. The third-order valence-corrected chi connectivity index (χ3v) is 16.2. The van der Waals surface area contributed by atoms with Gasteiger partial charge in [0, 0.05) is 111 Å². The van der Waals surface area contributed by atoms with Gasteiger partial charge in [0.25, 0.3) is 23.6 Å². The largest absolute Gasteiger partial charge is 0.508 e. The van der Waals surface area contributed by atoms with E-state index in [0.717, 1.165) is 21.4 Å². The number of anilines is 2. The Morgan fingerprint density at radius 2 is 1.46 bits per heavy atom. The smallest absolute Gasteiger partial charge is 0.415 e. The van der Waals surface area contributed by atoms with Gasteiger partial charge in [-0.05, 0) is 90.6 Å². The maximum absolute atomic E-state index is 14.5. The van der Waals surface area contributed by atoms with E-state index in [-0.39, 0.29) is 145 Å². The molecule has 4 heterocycles. The highest BCUT2D eigenvalue weighted by molar-refractivity contribution is 6.19. The fourth-order valence-corrected chi connectivity index (χ4v) is 10.8. The van der Waals surface area contributed by atoms with Crippen molar-refractivity contribution in [2.24, 2.45) is 11.7 Å². The molecule has 8 rings (SSSR count). The lowest BCUT2D eigenvalue weighted by Gasteiger charge is -2.25. The summed E-state index contributed by atoms with van der Waals surface area (Å²) in [5, 5.41) is 24.5. The zero-order valence-corrected chi connectivity index (χ0v) is 54.6. The van der Waals surface area contributed by atoms with Gasteiger partial charge in [0.2, 0.25) is 11.8 Å². The average Bonchev–Trinajstić information content (AvgIpc) is 1.55. The molecular weight excluding hydrogens is 1270 g/mol. The molecule has 3 aliphatic heterocycles. The number of allylic oxidation sites excluding steroid dienone is 1. The van der Waals surface area contributed by atoms with E-state index in [2.05, 4.69) is 31.6 Å². The number of imidazole rings is 1. The minimum Gasteiger partial charge on any atom is -0.508 e. The van der Waals surface area contributed by atoms with Crippen LogP contribution in [-0.4, -0.2) is 200 Å². The second-order valence-electron chi connectivity index (χ2n) is 23.1. The monoisotopic (exact) mass is 1350 g/mol. The van der Waals surface area contributed by atoms with Crippen LogP contribution < -0.4 is 42.0 Å². The number of halogens is 1. The van der Waals surface area contributed by atoms with Crippen LogP contribution in [-0.2, 0) is 55.9 Å². The first kappa shape index (κ1) is 71.7. The number of aromatic nitrogens is 2. The third kappa shape index (κ3) is 19.5. The molecule has 29 nitrogen and oxygen atoms in total. The number of phenols is 1. The second-order valence-corrected chi connectivity index (χ2v) is 23.4. The molecule has 0 aliphatic carbocycles. The molecule has 1 aromatic heterocycles.